The SMILES string of the molecule is COc1ccc(CN=C(N)NCc2ccccc2OCC(C)C)cc1OC. The predicted molar refractivity (Wildman–Crippen MR) is 108 cm³/mol. The average Bonchev–Trinajstić information content (AvgIpc) is 2.69. The molecule has 0 saturated carbocycles. The number of nitrogens with two attached hydrogens (primary N) is 1. The number of hydrogen-bond donors (Lipinski definition) is 2. The van der Waals surface area contributed by atoms with Crippen LogP contribution < -0.4 is 25.3 Å². The lowest BCUT2D eigenvalue weighted by atomic mass is 10.2. The summed E-state index contributed by atoms with van der Waals surface area (Å²) in [6.07, 6.45) is 0. The van der Waals surface area contributed by atoms with Crippen LogP contribution in [0, 0.1) is 5.92 Å². The van der Waals surface area contributed by atoms with Crippen LogP contribution in [0.15, 0.2) is 47.5 Å². The molecule has 0 spiro atoms. The smallest absolute Gasteiger partial charge is 0.189 e. The second-order valence-electron chi connectivity index (χ2n) is 6.56. The van der Waals surface area contributed by atoms with Crippen LogP contribution in [-0.4, -0.2) is 26.8 Å². The van der Waals surface area contributed by atoms with Crippen molar-refractivity contribution >= 4 is 5.96 Å². The topological polar surface area (TPSA) is 78.1 Å². The van der Waals surface area contributed by atoms with E-state index in [1.165, 1.54) is 0 Å². The number of benzene rings is 2. The van der Waals surface area contributed by atoms with E-state index in [9.17, 15) is 0 Å². The summed E-state index contributed by atoms with van der Waals surface area (Å²) in [6.45, 7) is 5.93. The molecule has 0 heterocycles. The van der Waals surface area contributed by atoms with Gasteiger partial charge in [0.1, 0.15) is 5.75 Å². The standard InChI is InChI=1S/C21H29N3O3/c1-15(2)14-27-18-8-6-5-7-17(18)13-24-21(22)23-12-16-9-10-19(25-3)20(11-16)26-4/h5-11,15H,12-14H2,1-4H3,(H3,22,23,24). The van der Waals surface area contributed by atoms with Gasteiger partial charge in [0.2, 0.25) is 0 Å². The fraction of sp³-hybridized carbons (Fsp3) is 0.381. The molecule has 2 aromatic rings. The molecule has 2 rings (SSSR count). The number of aliphatic imine (C=N–C) groups is 1. The molecule has 0 saturated heterocycles. The first kappa shape index (κ1) is 20.4. The Labute approximate surface area is 161 Å². The highest BCUT2D eigenvalue weighted by atomic mass is 16.5. The zero-order chi connectivity index (χ0) is 19.6. The van der Waals surface area contributed by atoms with E-state index in [2.05, 4.69) is 24.2 Å². The Morgan fingerprint density at radius 1 is 1.04 bits per heavy atom. The van der Waals surface area contributed by atoms with Crippen molar-refractivity contribution in [3.63, 3.8) is 0 Å². The second kappa shape index (κ2) is 10.3. The minimum Gasteiger partial charge on any atom is -0.493 e. The average molecular weight is 371 g/mol. The molecule has 0 atom stereocenters. The molecule has 6 heteroatoms. The van der Waals surface area contributed by atoms with Crippen molar-refractivity contribution in [3.8, 4) is 17.2 Å². The number of rotatable bonds is 9. The number of para-hydroxylation sites is 1. The van der Waals surface area contributed by atoms with Gasteiger partial charge in [-0.2, -0.15) is 0 Å². The van der Waals surface area contributed by atoms with Crippen molar-refractivity contribution in [3.05, 3.63) is 53.6 Å². The summed E-state index contributed by atoms with van der Waals surface area (Å²) in [5.74, 6) is 3.08. The summed E-state index contributed by atoms with van der Waals surface area (Å²) >= 11 is 0. The minimum absolute atomic E-state index is 0.378. The first-order valence-electron chi connectivity index (χ1n) is 8.99. The summed E-state index contributed by atoms with van der Waals surface area (Å²) in [7, 11) is 3.22. The molecule has 0 amide bonds. The van der Waals surface area contributed by atoms with Crippen LogP contribution in [0.2, 0.25) is 0 Å². The van der Waals surface area contributed by atoms with Crippen molar-refractivity contribution in [1.82, 2.24) is 5.32 Å². The summed E-state index contributed by atoms with van der Waals surface area (Å²) in [4.78, 5) is 4.39. The maximum Gasteiger partial charge on any atom is 0.189 e. The Morgan fingerprint density at radius 2 is 1.78 bits per heavy atom. The number of nitrogens with zero attached hydrogens (tertiary/aromatic N) is 1. The molecule has 6 nitrogen and oxygen atoms in total. The van der Waals surface area contributed by atoms with Gasteiger partial charge in [0, 0.05) is 12.1 Å². The molecule has 146 valence electrons. The monoisotopic (exact) mass is 371 g/mol. The van der Waals surface area contributed by atoms with E-state index in [0.29, 0.717) is 43.1 Å². The molecule has 2 aromatic carbocycles. The Morgan fingerprint density at radius 3 is 2.48 bits per heavy atom. The Balaban J connectivity index is 1.95. The molecule has 0 unspecified atom stereocenters. The van der Waals surface area contributed by atoms with Gasteiger partial charge >= 0.3 is 0 Å². The third kappa shape index (κ3) is 6.40. The lowest BCUT2D eigenvalue weighted by Crippen LogP contribution is -2.31. The molecule has 0 radical (unpaired) electrons. The molecule has 0 fully saturated rings. The van der Waals surface area contributed by atoms with E-state index in [4.69, 9.17) is 19.9 Å². The molecule has 27 heavy (non-hydrogen) atoms. The zero-order valence-corrected chi connectivity index (χ0v) is 16.5. The highest BCUT2D eigenvalue weighted by molar-refractivity contribution is 5.77. The number of ether oxygens (including phenoxy) is 3. The number of nitrogens with one attached hydrogen (secondary N) is 1. The summed E-state index contributed by atoms with van der Waals surface area (Å²) in [5.41, 5.74) is 8.04. The highest BCUT2D eigenvalue weighted by Crippen LogP contribution is 2.27. The van der Waals surface area contributed by atoms with Crippen LogP contribution in [0.25, 0.3) is 0 Å². The Bertz CT molecular complexity index is 760. The van der Waals surface area contributed by atoms with Crippen molar-refractivity contribution in [2.75, 3.05) is 20.8 Å². The fourth-order valence-corrected chi connectivity index (χ4v) is 2.44. The van der Waals surface area contributed by atoms with Gasteiger partial charge in [-0.25, -0.2) is 4.99 Å². The first-order valence-corrected chi connectivity index (χ1v) is 8.99. The van der Waals surface area contributed by atoms with Crippen LogP contribution >= 0.6 is 0 Å². The van der Waals surface area contributed by atoms with Gasteiger partial charge in [0.15, 0.2) is 17.5 Å². The second-order valence-corrected chi connectivity index (χ2v) is 6.56. The lowest BCUT2D eigenvalue weighted by molar-refractivity contribution is 0.268. The van der Waals surface area contributed by atoms with E-state index in [1.54, 1.807) is 14.2 Å². The third-order valence-corrected chi connectivity index (χ3v) is 3.88. The summed E-state index contributed by atoms with van der Waals surface area (Å²) in [6, 6.07) is 13.6. The number of guanidine groups is 1. The van der Waals surface area contributed by atoms with Crippen molar-refractivity contribution in [2.45, 2.75) is 26.9 Å². The lowest BCUT2D eigenvalue weighted by Gasteiger charge is -2.14. The van der Waals surface area contributed by atoms with E-state index in [1.807, 2.05) is 42.5 Å². The van der Waals surface area contributed by atoms with Gasteiger partial charge in [-0.15, -0.1) is 0 Å². The Kier molecular flexibility index (Phi) is 7.79. The van der Waals surface area contributed by atoms with Crippen molar-refractivity contribution in [2.24, 2.45) is 16.6 Å². The molecule has 0 aliphatic heterocycles. The van der Waals surface area contributed by atoms with Crippen LogP contribution in [-0.2, 0) is 13.1 Å². The van der Waals surface area contributed by atoms with Gasteiger partial charge in [-0.3, -0.25) is 0 Å². The third-order valence-electron chi connectivity index (χ3n) is 3.88. The number of methoxy groups -OCH3 is 2. The highest BCUT2D eigenvalue weighted by Gasteiger charge is 2.06. The number of hydrogen-bond acceptors (Lipinski definition) is 4. The molecule has 0 aliphatic carbocycles. The van der Waals surface area contributed by atoms with Crippen LogP contribution in [0.4, 0.5) is 0 Å². The molecular weight excluding hydrogens is 342 g/mol. The molecular formula is C21H29N3O3. The first-order chi connectivity index (χ1) is 13.0. The van der Waals surface area contributed by atoms with E-state index in [0.717, 1.165) is 16.9 Å². The minimum atomic E-state index is 0.378. The van der Waals surface area contributed by atoms with Crippen LogP contribution in [0.3, 0.4) is 0 Å². The van der Waals surface area contributed by atoms with Crippen molar-refractivity contribution < 1.29 is 14.2 Å². The molecule has 3 N–H and O–H groups in total. The molecule has 0 aromatic heterocycles. The van der Waals surface area contributed by atoms with E-state index < -0.39 is 0 Å². The van der Waals surface area contributed by atoms with Gasteiger partial charge in [0.25, 0.3) is 0 Å². The van der Waals surface area contributed by atoms with Gasteiger partial charge in [0.05, 0.1) is 27.4 Å². The largest absolute Gasteiger partial charge is 0.493 e. The molecule has 0 bridgehead atoms. The molecule has 0 aliphatic rings. The van der Waals surface area contributed by atoms with Gasteiger partial charge in [-0.1, -0.05) is 38.1 Å². The summed E-state index contributed by atoms with van der Waals surface area (Å²) < 4.78 is 16.4. The van der Waals surface area contributed by atoms with Crippen LogP contribution in [0.5, 0.6) is 17.2 Å². The van der Waals surface area contributed by atoms with E-state index >= 15 is 0 Å². The normalized spacial score (nSPS) is 11.4. The van der Waals surface area contributed by atoms with Gasteiger partial charge in [-0.05, 0) is 29.7 Å². The maximum absolute atomic E-state index is 6.01. The maximum atomic E-state index is 6.01. The van der Waals surface area contributed by atoms with Gasteiger partial charge < -0.3 is 25.3 Å². The van der Waals surface area contributed by atoms with Crippen molar-refractivity contribution in [1.29, 1.82) is 0 Å². The Hall–Kier alpha value is -2.89. The van der Waals surface area contributed by atoms with Crippen LogP contribution in [0.1, 0.15) is 25.0 Å². The predicted octanol–water partition coefficient (Wildman–Crippen LogP) is 3.34. The fourth-order valence-electron chi connectivity index (χ4n) is 2.44. The zero-order valence-electron chi connectivity index (χ0n) is 16.5. The summed E-state index contributed by atoms with van der Waals surface area (Å²) in [5, 5.41) is 3.14. The van der Waals surface area contributed by atoms with E-state index in [-0.39, 0.29) is 0 Å². The quantitative estimate of drug-likeness (QED) is 0.522.